The van der Waals surface area contributed by atoms with Gasteiger partial charge in [0.1, 0.15) is 0 Å². The Hall–Kier alpha value is -1.00. The van der Waals surface area contributed by atoms with E-state index in [1.54, 1.807) is 25.3 Å². The Morgan fingerprint density at radius 3 is 2.59 bits per heavy atom. The molecule has 0 saturated carbocycles. The van der Waals surface area contributed by atoms with E-state index < -0.39 is 0 Å². The predicted octanol–water partition coefficient (Wildman–Crippen LogP) is 2.95. The highest BCUT2D eigenvalue weighted by molar-refractivity contribution is 7.80. The second kappa shape index (κ2) is 6.07. The lowest BCUT2D eigenvalue weighted by Crippen LogP contribution is -2.25. The summed E-state index contributed by atoms with van der Waals surface area (Å²) in [6.45, 7) is 4.24. The number of benzene rings is 1. The summed E-state index contributed by atoms with van der Waals surface area (Å²) in [5.74, 6) is -0.345. The average molecular weight is 254 g/mol. The maximum Gasteiger partial charge on any atom is 0.339 e. The monoisotopic (exact) mass is 254 g/mol. The zero-order valence-electron chi connectivity index (χ0n) is 10.4. The lowest BCUT2D eigenvalue weighted by molar-refractivity contribution is -0.00573. The van der Waals surface area contributed by atoms with Crippen LogP contribution in [0.25, 0.3) is 0 Å². The van der Waals surface area contributed by atoms with Crippen LogP contribution < -0.4 is 0 Å². The van der Waals surface area contributed by atoms with Crippen molar-refractivity contribution in [1.82, 2.24) is 0 Å². The van der Waals surface area contributed by atoms with E-state index in [1.807, 2.05) is 19.9 Å². The van der Waals surface area contributed by atoms with Gasteiger partial charge in [0.25, 0.3) is 0 Å². The minimum absolute atomic E-state index is 0.277. The molecule has 17 heavy (non-hydrogen) atoms. The number of rotatable bonds is 5. The molecular weight excluding hydrogens is 236 g/mol. The van der Waals surface area contributed by atoms with Crippen LogP contribution in [0.2, 0.25) is 0 Å². The Morgan fingerprint density at radius 1 is 1.35 bits per heavy atom. The zero-order chi connectivity index (χ0) is 12.9. The molecule has 0 radical (unpaired) electrons. The van der Waals surface area contributed by atoms with E-state index in [-0.39, 0.29) is 11.6 Å². The van der Waals surface area contributed by atoms with Crippen LogP contribution in [0, 0.1) is 0 Å². The molecule has 4 heteroatoms. The summed E-state index contributed by atoms with van der Waals surface area (Å²) in [5, 5.41) is 0. The molecule has 0 aliphatic carbocycles. The van der Waals surface area contributed by atoms with Crippen molar-refractivity contribution >= 4 is 18.6 Å². The highest BCUT2D eigenvalue weighted by atomic mass is 32.1. The lowest BCUT2D eigenvalue weighted by Gasteiger charge is -2.22. The second-order valence-electron chi connectivity index (χ2n) is 4.37. The Morgan fingerprint density at radius 2 is 2.00 bits per heavy atom. The van der Waals surface area contributed by atoms with Crippen LogP contribution in [-0.2, 0) is 9.47 Å². The van der Waals surface area contributed by atoms with E-state index in [0.29, 0.717) is 23.5 Å². The molecule has 0 aromatic heterocycles. The number of carbonyl (C=O) groups excluding carboxylic acids is 1. The normalized spacial score (nSPS) is 11.3. The molecule has 0 amide bonds. The molecule has 0 N–H and O–H groups in total. The van der Waals surface area contributed by atoms with Crippen molar-refractivity contribution < 1.29 is 14.3 Å². The van der Waals surface area contributed by atoms with Crippen LogP contribution >= 0.6 is 12.6 Å². The third-order valence-corrected chi connectivity index (χ3v) is 3.00. The van der Waals surface area contributed by atoms with Gasteiger partial charge in [-0.1, -0.05) is 12.1 Å². The van der Waals surface area contributed by atoms with Gasteiger partial charge in [-0.3, -0.25) is 0 Å². The number of esters is 1. The predicted molar refractivity (Wildman–Crippen MR) is 69.7 cm³/mol. The fourth-order valence-electron chi connectivity index (χ4n) is 1.22. The highest BCUT2D eigenvalue weighted by Crippen LogP contribution is 2.16. The number of carbonyl (C=O) groups is 1. The van der Waals surface area contributed by atoms with E-state index in [1.165, 1.54) is 0 Å². The summed E-state index contributed by atoms with van der Waals surface area (Å²) in [6.07, 6.45) is 0.657. The molecule has 0 saturated heterocycles. The Labute approximate surface area is 108 Å². The molecule has 0 aliphatic rings. The first-order valence-electron chi connectivity index (χ1n) is 5.46. The second-order valence-corrected chi connectivity index (χ2v) is 4.85. The Balaban J connectivity index is 2.49. The minimum Gasteiger partial charge on any atom is -0.462 e. The van der Waals surface area contributed by atoms with Crippen molar-refractivity contribution in [3.63, 3.8) is 0 Å². The van der Waals surface area contributed by atoms with E-state index in [9.17, 15) is 4.79 Å². The summed E-state index contributed by atoms with van der Waals surface area (Å²) in [5.41, 5.74) is 0.215. The van der Waals surface area contributed by atoms with Gasteiger partial charge in [0.15, 0.2) is 0 Å². The molecule has 0 spiro atoms. The first-order valence-corrected chi connectivity index (χ1v) is 5.91. The van der Waals surface area contributed by atoms with Crippen LogP contribution in [0.5, 0.6) is 0 Å². The van der Waals surface area contributed by atoms with Gasteiger partial charge in [0.2, 0.25) is 0 Å². The van der Waals surface area contributed by atoms with Crippen molar-refractivity contribution in [2.45, 2.75) is 30.8 Å². The van der Waals surface area contributed by atoms with E-state index >= 15 is 0 Å². The smallest absolute Gasteiger partial charge is 0.339 e. The average Bonchev–Trinajstić information content (AvgIpc) is 2.29. The largest absolute Gasteiger partial charge is 0.462 e. The van der Waals surface area contributed by atoms with Gasteiger partial charge in [-0.2, -0.15) is 0 Å². The van der Waals surface area contributed by atoms with Crippen LogP contribution in [0.4, 0.5) is 0 Å². The number of ether oxygens (including phenoxy) is 2. The van der Waals surface area contributed by atoms with E-state index in [2.05, 4.69) is 12.6 Å². The molecule has 0 bridgehead atoms. The maximum atomic E-state index is 11.7. The number of methoxy groups -OCH3 is 1. The molecule has 1 aromatic carbocycles. The quantitative estimate of drug-likeness (QED) is 0.648. The number of hydrogen-bond acceptors (Lipinski definition) is 4. The first kappa shape index (κ1) is 14.1. The summed E-state index contributed by atoms with van der Waals surface area (Å²) in [4.78, 5) is 12.4. The molecule has 1 rings (SSSR count). The van der Waals surface area contributed by atoms with Crippen LogP contribution in [-0.4, -0.2) is 25.3 Å². The van der Waals surface area contributed by atoms with Gasteiger partial charge in [-0.05, 0) is 26.0 Å². The fraction of sp³-hybridized carbons (Fsp3) is 0.462. The summed E-state index contributed by atoms with van der Waals surface area (Å²) in [7, 11) is 1.64. The Bertz CT molecular complexity index is 388. The van der Waals surface area contributed by atoms with Gasteiger partial charge in [0.05, 0.1) is 17.8 Å². The molecule has 3 nitrogen and oxygen atoms in total. The third kappa shape index (κ3) is 4.40. The molecule has 1 aromatic rings. The van der Waals surface area contributed by atoms with Gasteiger partial charge < -0.3 is 9.47 Å². The fourth-order valence-corrected chi connectivity index (χ4v) is 1.47. The minimum atomic E-state index is -0.345. The molecule has 0 atom stereocenters. The van der Waals surface area contributed by atoms with Crippen molar-refractivity contribution in [2.75, 3.05) is 13.7 Å². The van der Waals surface area contributed by atoms with E-state index in [4.69, 9.17) is 9.47 Å². The van der Waals surface area contributed by atoms with Crippen molar-refractivity contribution in [3.05, 3.63) is 29.8 Å². The molecule has 0 aliphatic heterocycles. The number of thiol groups is 1. The van der Waals surface area contributed by atoms with Crippen molar-refractivity contribution in [3.8, 4) is 0 Å². The van der Waals surface area contributed by atoms with Gasteiger partial charge in [-0.15, -0.1) is 12.6 Å². The summed E-state index contributed by atoms with van der Waals surface area (Å²) < 4.78 is 10.4. The van der Waals surface area contributed by atoms with Crippen LogP contribution in [0.15, 0.2) is 29.2 Å². The van der Waals surface area contributed by atoms with Crippen molar-refractivity contribution in [1.29, 1.82) is 0 Å². The van der Waals surface area contributed by atoms with Gasteiger partial charge >= 0.3 is 5.97 Å². The maximum absolute atomic E-state index is 11.7. The van der Waals surface area contributed by atoms with Crippen LogP contribution in [0.1, 0.15) is 30.6 Å². The molecule has 0 heterocycles. The molecule has 0 unspecified atom stereocenters. The van der Waals surface area contributed by atoms with Crippen molar-refractivity contribution in [2.24, 2.45) is 0 Å². The third-order valence-electron chi connectivity index (χ3n) is 2.61. The zero-order valence-corrected chi connectivity index (χ0v) is 11.3. The summed E-state index contributed by atoms with van der Waals surface area (Å²) in [6, 6.07) is 7.08. The molecule has 94 valence electrons. The molecular formula is C13H18O3S. The molecule has 0 fully saturated rings. The van der Waals surface area contributed by atoms with E-state index in [0.717, 1.165) is 0 Å². The highest BCUT2D eigenvalue weighted by Gasteiger charge is 2.17. The Kier molecular flexibility index (Phi) is 5.02. The standard InChI is InChI=1S/C13H18O3S/c1-13(2,15-3)8-9-16-12(14)10-6-4-5-7-11(10)17/h4-7,17H,8-9H2,1-3H3. The van der Waals surface area contributed by atoms with Crippen LogP contribution in [0.3, 0.4) is 0 Å². The van der Waals surface area contributed by atoms with Gasteiger partial charge in [0, 0.05) is 18.4 Å². The summed E-state index contributed by atoms with van der Waals surface area (Å²) >= 11 is 4.21. The topological polar surface area (TPSA) is 35.5 Å². The SMILES string of the molecule is COC(C)(C)CCOC(=O)c1ccccc1S. The van der Waals surface area contributed by atoms with Gasteiger partial charge in [-0.25, -0.2) is 4.79 Å². The first-order chi connectivity index (χ1) is 7.96. The lowest BCUT2D eigenvalue weighted by atomic mass is 10.1. The number of hydrogen-bond donors (Lipinski definition) is 1.